The summed E-state index contributed by atoms with van der Waals surface area (Å²) in [6.07, 6.45) is 1.91. The highest BCUT2D eigenvalue weighted by Crippen LogP contribution is 2.56. The Hall–Kier alpha value is -4.53. The van der Waals surface area contributed by atoms with E-state index >= 15 is 0 Å². The van der Waals surface area contributed by atoms with E-state index in [0.29, 0.717) is 0 Å². The van der Waals surface area contributed by atoms with Gasteiger partial charge in [0.25, 0.3) is 0 Å². The minimum Gasteiger partial charge on any atom is -0.260 e. The second kappa shape index (κ2) is 8.24. The quantitative estimate of drug-likeness (QED) is 0.235. The van der Waals surface area contributed by atoms with E-state index in [1.807, 2.05) is 23.6 Å². The number of hydrogen-bond acceptors (Lipinski definition) is 2. The van der Waals surface area contributed by atoms with E-state index in [4.69, 9.17) is 4.98 Å². The standard InChI is InChI=1S/C36H23NS/c1-2-10-26(11-3-1)36(35-16-8-9-21-37-35)31-14-6-4-12-27(31)29-22-24(17-19-32(29)36)25-18-20-34-30(23-25)28-13-5-7-15-33(28)38-34/h1-23H. The third-order valence-corrected chi connectivity index (χ3v) is 9.16. The van der Waals surface area contributed by atoms with Crippen LogP contribution in [0.4, 0.5) is 0 Å². The van der Waals surface area contributed by atoms with Crippen LogP contribution in [0.15, 0.2) is 140 Å². The van der Waals surface area contributed by atoms with Crippen LogP contribution in [0.25, 0.3) is 42.4 Å². The molecule has 2 heterocycles. The molecule has 178 valence electrons. The van der Waals surface area contributed by atoms with Crippen molar-refractivity contribution >= 4 is 31.5 Å². The summed E-state index contributed by atoms with van der Waals surface area (Å²) < 4.78 is 2.67. The molecule has 1 nitrogen and oxygen atoms in total. The van der Waals surface area contributed by atoms with Crippen molar-refractivity contribution in [2.45, 2.75) is 5.41 Å². The molecule has 0 aliphatic heterocycles. The maximum Gasteiger partial charge on any atom is 0.0885 e. The lowest BCUT2D eigenvalue weighted by Gasteiger charge is -2.32. The zero-order valence-electron chi connectivity index (χ0n) is 20.6. The summed E-state index contributed by atoms with van der Waals surface area (Å²) >= 11 is 1.86. The fourth-order valence-electron chi connectivity index (χ4n) is 6.38. The molecule has 0 fully saturated rings. The Morgan fingerprint density at radius 1 is 0.500 bits per heavy atom. The second-order valence-electron chi connectivity index (χ2n) is 9.95. The van der Waals surface area contributed by atoms with Gasteiger partial charge in [0.05, 0.1) is 11.1 Å². The number of pyridine rings is 1. The van der Waals surface area contributed by atoms with Crippen LogP contribution in [0.5, 0.6) is 0 Å². The number of thiophene rings is 1. The van der Waals surface area contributed by atoms with Crippen LogP contribution in [-0.4, -0.2) is 4.98 Å². The highest BCUT2D eigenvalue weighted by Gasteiger charge is 2.47. The van der Waals surface area contributed by atoms with Gasteiger partial charge in [0.1, 0.15) is 0 Å². The van der Waals surface area contributed by atoms with Crippen molar-refractivity contribution in [1.82, 2.24) is 4.98 Å². The first-order valence-electron chi connectivity index (χ1n) is 13.0. The van der Waals surface area contributed by atoms with Crippen LogP contribution in [0, 0.1) is 0 Å². The predicted molar refractivity (Wildman–Crippen MR) is 160 cm³/mol. The van der Waals surface area contributed by atoms with Gasteiger partial charge in [0.2, 0.25) is 0 Å². The van der Waals surface area contributed by atoms with Crippen molar-refractivity contribution in [3.63, 3.8) is 0 Å². The van der Waals surface area contributed by atoms with Crippen molar-refractivity contribution in [2.24, 2.45) is 0 Å². The molecule has 38 heavy (non-hydrogen) atoms. The number of rotatable bonds is 3. The normalized spacial score (nSPS) is 16.0. The van der Waals surface area contributed by atoms with Crippen LogP contribution in [0.3, 0.4) is 0 Å². The molecule has 0 saturated carbocycles. The lowest BCUT2D eigenvalue weighted by molar-refractivity contribution is 0.735. The molecule has 1 aliphatic rings. The van der Waals surface area contributed by atoms with E-state index in [0.717, 1.165) is 5.69 Å². The van der Waals surface area contributed by atoms with Gasteiger partial charge in [-0.2, -0.15) is 0 Å². The average Bonchev–Trinajstić information content (AvgIpc) is 3.51. The second-order valence-corrected chi connectivity index (χ2v) is 11.0. The average molecular weight is 502 g/mol. The Morgan fingerprint density at radius 2 is 1.21 bits per heavy atom. The Kier molecular flexibility index (Phi) is 4.67. The van der Waals surface area contributed by atoms with Crippen molar-refractivity contribution in [3.05, 3.63) is 162 Å². The predicted octanol–water partition coefficient (Wildman–Crippen LogP) is 9.48. The topological polar surface area (TPSA) is 12.9 Å². The molecular formula is C36H23NS. The van der Waals surface area contributed by atoms with Gasteiger partial charge < -0.3 is 0 Å². The minimum atomic E-state index is -0.458. The smallest absolute Gasteiger partial charge is 0.0885 e. The van der Waals surface area contributed by atoms with Gasteiger partial charge in [-0.15, -0.1) is 11.3 Å². The molecule has 0 spiro atoms. The summed E-state index contributed by atoms with van der Waals surface area (Å²) in [5, 5.41) is 2.66. The molecule has 0 N–H and O–H groups in total. The van der Waals surface area contributed by atoms with E-state index in [2.05, 4.69) is 127 Å². The largest absolute Gasteiger partial charge is 0.260 e. The molecule has 1 unspecified atom stereocenters. The maximum atomic E-state index is 4.95. The zero-order chi connectivity index (χ0) is 25.1. The highest BCUT2D eigenvalue weighted by molar-refractivity contribution is 7.25. The summed E-state index contributed by atoms with van der Waals surface area (Å²) in [5.74, 6) is 0. The first-order chi connectivity index (χ1) is 18.8. The lowest BCUT2D eigenvalue weighted by Crippen LogP contribution is -2.29. The summed E-state index contributed by atoms with van der Waals surface area (Å²) in [4.78, 5) is 4.95. The van der Waals surface area contributed by atoms with Gasteiger partial charge in [-0.05, 0) is 75.3 Å². The van der Waals surface area contributed by atoms with E-state index < -0.39 is 5.41 Å². The molecule has 0 saturated heterocycles. The molecule has 2 aromatic heterocycles. The minimum absolute atomic E-state index is 0.458. The first kappa shape index (κ1) is 21.5. The number of fused-ring (bicyclic) bond motifs is 6. The Bertz CT molecular complexity index is 1930. The number of benzene rings is 5. The fraction of sp³-hybridized carbons (Fsp3) is 0.0278. The van der Waals surface area contributed by atoms with Gasteiger partial charge in [0.15, 0.2) is 0 Å². The summed E-state index contributed by atoms with van der Waals surface area (Å²) in [6.45, 7) is 0. The zero-order valence-corrected chi connectivity index (χ0v) is 21.5. The third kappa shape index (κ3) is 2.95. The van der Waals surface area contributed by atoms with Crippen LogP contribution in [0.1, 0.15) is 22.4 Å². The number of hydrogen-bond donors (Lipinski definition) is 0. The van der Waals surface area contributed by atoms with Gasteiger partial charge in [-0.3, -0.25) is 4.98 Å². The molecule has 0 amide bonds. The summed E-state index contributed by atoms with van der Waals surface area (Å²) in [7, 11) is 0. The lowest BCUT2D eigenvalue weighted by atomic mass is 9.70. The molecule has 8 rings (SSSR count). The van der Waals surface area contributed by atoms with Crippen LogP contribution < -0.4 is 0 Å². The van der Waals surface area contributed by atoms with E-state index in [9.17, 15) is 0 Å². The summed E-state index contributed by atoms with van der Waals surface area (Å²) in [5.41, 5.74) is 9.45. The fourth-order valence-corrected chi connectivity index (χ4v) is 7.46. The van der Waals surface area contributed by atoms with Crippen molar-refractivity contribution in [3.8, 4) is 22.3 Å². The van der Waals surface area contributed by atoms with Crippen LogP contribution in [-0.2, 0) is 5.41 Å². The molecular weight excluding hydrogens is 478 g/mol. The maximum absolute atomic E-state index is 4.95. The van der Waals surface area contributed by atoms with Crippen LogP contribution in [0.2, 0.25) is 0 Å². The van der Waals surface area contributed by atoms with Crippen LogP contribution >= 0.6 is 11.3 Å². The molecule has 0 bridgehead atoms. The molecule has 1 atom stereocenters. The number of nitrogens with zero attached hydrogens (tertiary/aromatic N) is 1. The molecule has 1 aliphatic carbocycles. The van der Waals surface area contributed by atoms with Crippen molar-refractivity contribution < 1.29 is 0 Å². The first-order valence-corrected chi connectivity index (χ1v) is 13.8. The SMILES string of the molecule is c1ccc(C2(c3ccccn3)c3ccccc3-c3cc(-c4ccc5sc6ccccc6c5c4)ccc32)cc1. The van der Waals surface area contributed by atoms with Crippen molar-refractivity contribution in [1.29, 1.82) is 0 Å². The molecule has 0 radical (unpaired) electrons. The van der Waals surface area contributed by atoms with Gasteiger partial charge >= 0.3 is 0 Å². The molecule has 7 aromatic rings. The highest BCUT2D eigenvalue weighted by atomic mass is 32.1. The summed E-state index contributed by atoms with van der Waals surface area (Å²) in [6, 6.07) is 48.6. The van der Waals surface area contributed by atoms with E-state index in [1.54, 1.807) is 0 Å². The monoisotopic (exact) mass is 501 g/mol. The Balaban J connectivity index is 1.40. The third-order valence-electron chi connectivity index (χ3n) is 8.01. The van der Waals surface area contributed by atoms with E-state index in [-0.39, 0.29) is 0 Å². The Labute approximate surface area is 225 Å². The van der Waals surface area contributed by atoms with Gasteiger partial charge in [-0.1, -0.05) is 97.1 Å². The Morgan fingerprint density at radius 3 is 2.11 bits per heavy atom. The van der Waals surface area contributed by atoms with Crippen molar-refractivity contribution in [2.75, 3.05) is 0 Å². The molecule has 2 heteroatoms. The van der Waals surface area contributed by atoms with Gasteiger partial charge in [0, 0.05) is 26.4 Å². The molecule has 5 aromatic carbocycles. The van der Waals surface area contributed by atoms with Gasteiger partial charge in [-0.25, -0.2) is 0 Å². The van der Waals surface area contributed by atoms with E-state index in [1.165, 1.54) is 59.1 Å². The number of aromatic nitrogens is 1.